The number of rotatable bonds is 11. The number of ether oxygens (including phenoxy) is 2. The van der Waals surface area contributed by atoms with Crippen LogP contribution < -0.4 is 11.1 Å². The lowest BCUT2D eigenvalue weighted by molar-refractivity contribution is -0.167. The Labute approximate surface area is 286 Å². The second kappa shape index (κ2) is 14.2. The summed E-state index contributed by atoms with van der Waals surface area (Å²) in [7, 11) is 0. The zero-order valence-electron chi connectivity index (χ0n) is 26.8. The molecule has 1 aromatic heterocycles. The monoisotopic (exact) mass is 692 g/mol. The number of esters is 2. The van der Waals surface area contributed by atoms with Crippen LogP contribution in [0.5, 0.6) is 0 Å². The number of fused-ring (bicyclic) bond motifs is 1. The molecule has 5 rings (SSSR count). The maximum Gasteiger partial charge on any atom is 0.350 e. The highest BCUT2D eigenvalue weighted by Crippen LogP contribution is 2.44. The van der Waals surface area contributed by atoms with E-state index in [1.165, 1.54) is 29.7 Å². The van der Waals surface area contributed by atoms with E-state index in [1.807, 2.05) is 60.7 Å². The molecule has 0 saturated carbocycles. The molecule has 2 amide bonds. The average Bonchev–Trinajstić information content (AvgIpc) is 3.51. The Hall–Kier alpha value is -4.76. The van der Waals surface area contributed by atoms with Gasteiger partial charge in [0.25, 0.3) is 5.91 Å². The standard InChI is InChI=1S/C33H36N6O7S2/c1-6-33(30(43)44-24(20-13-9-7-10-14-20)21-15-11-8-12-16-21)17-39-27(41)23(28(39)47-18-33)35-26(40)22(25-36-31(34)48-38-25)37-46-19(2)29(42)45-32(3,4)5/h6-16,19,23-24,28H,1,17-18H2,2-5H3,(H,35,40)(H2,34,36,38)/t19?,23?,28-,33?/m1/s1. The molecule has 252 valence electrons. The summed E-state index contributed by atoms with van der Waals surface area (Å²) in [6.07, 6.45) is -0.297. The Morgan fingerprint density at radius 2 is 1.75 bits per heavy atom. The van der Waals surface area contributed by atoms with Gasteiger partial charge in [-0.15, -0.1) is 18.3 Å². The number of nitrogens with two attached hydrogens (primary N) is 1. The zero-order chi connectivity index (χ0) is 34.6. The van der Waals surface area contributed by atoms with E-state index in [0.29, 0.717) is 0 Å². The quantitative estimate of drug-likeness (QED) is 0.0990. The number of nitrogens with one attached hydrogen (secondary N) is 1. The van der Waals surface area contributed by atoms with Crippen LogP contribution in [0.25, 0.3) is 0 Å². The number of aromatic nitrogens is 2. The molecule has 2 aromatic carbocycles. The van der Waals surface area contributed by atoms with Crippen molar-refractivity contribution in [1.82, 2.24) is 19.6 Å². The highest BCUT2D eigenvalue weighted by atomic mass is 32.2. The van der Waals surface area contributed by atoms with E-state index in [0.717, 1.165) is 22.7 Å². The fourth-order valence-corrected chi connectivity index (χ4v) is 6.98. The van der Waals surface area contributed by atoms with Crippen molar-refractivity contribution >= 4 is 57.9 Å². The highest BCUT2D eigenvalue weighted by Gasteiger charge is 2.57. The number of nitrogen functional groups attached to an aromatic ring is 1. The lowest BCUT2D eigenvalue weighted by atomic mass is 9.87. The lowest BCUT2D eigenvalue weighted by Crippen LogP contribution is -2.74. The number of carbonyl (C=O) groups excluding carboxylic acids is 4. The van der Waals surface area contributed by atoms with Gasteiger partial charge in [0, 0.05) is 23.8 Å². The maximum atomic E-state index is 13.8. The minimum atomic E-state index is -1.19. The summed E-state index contributed by atoms with van der Waals surface area (Å²) in [5.41, 5.74) is 5.02. The van der Waals surface area contributed by atoms with E-state index in [-0.39, 0.29) is 29.0 Å². The fraction of sp³-hybridized carbons (Fsp3) is 0.364. The Morgan fingerprint density at radius 1 is 1.12 bits per heavy atom. The molecule has 3 unspecified atom stereocenters. The van der Waals surface area contributed by atoms with Gasteiger partial charge < -0.3 is 30.3 Å². The highest BCUT2D eigenvalue weighted by molar-refractivity contribution is 8.00. The van der Waals surface area contributed by atoms with E-state index in [4.69, 9.17) is 20.0 Å². The molecule has 0 bridgehead atoms. The van der Waals surface area contributed by atoms with E-state index < -0.39 is 58.4 Å². The fourth-order valence-electron chi connectivity index (χ4n) is 5.02. The van der Waals surface area contributed by atoms with Crippen molar-refractivity contribution in [3.63, 3.8) is 0 Å². The molecule has 13 nitrogen and oxygen atoms in total. The van der Waals surface area contributed by atoms with Crippen LogP contribution in [-0.2, 0) is 33.5 Å². The van der Waals surface area contributed by atoms with Gasteiger partial charge in [-0.25, -0.2) is 4.79 Å². The van der Waals surface area contributed by atoms with Crippen LogP contribution in [-0.4, -0.2) is 79.1 Å². The van der Waals surface area contributed by atoms with E-state index >= 15 is 0 Å². The van der Waals surface area contributed by atoms with Crippen molar-refractivity contribution in [3.05, 3.63) is 90.3 Å². The topological polar surface area (TPSA) is 175 Å². The van der Waals surface area contributed by atoms with Crippen LogP contribution >= 0.6 is 23.3 Å². The summed E-state index contributed by atoms with van der Waals surface area (Å²) >= 11 is 2.16. The summed E-state index contributed by atoms with van der Waals surface area (Å²) in [5.74, 6) is -2.30. The molecule has 0 aliphatic carbocycles. The third-order valence-electron chi connectivity index (χ3n) is 7.53. The lowest BCUT2D eigenvalue weighted by Gasteiger charge is -2.53. The van der Waals surface area contributed by atoms with E-state index in [2.05, 4.69) is 26.4 Å². The second-order valence-corrected chi connectivity index (χ2v) is 14.2. The van der Waals surface area contributed by atoms with Gasteiger partial charge in [0.2, 0.25) is 23.5 Å². The molecule has 48 heavy (non-hydrogen) atoms. The van der Waals surface area contributed by atoms with Gasteiger partial charge in [-0.3, -0.25) is 14.4 Å². The van der Waals surface area contributed by atoms with Crippen LogP contribution in [0.4, 0.5) is 5.13 Å². The molecule has 2 aliphatic heterocycles. The number of nitrogens with zero attached hydrogens (tertiary/aromatic N) is 4. The Morgan fingerprint density at radius 3 is 2.29 bits per heavy atom. The molecule has 3 aromatic rings. The van der Waals surface area contributed by atoms with Gasteiger partial charge in [0.1, 0.15) is 22.4 Å². The number of β-lactam (4-membered cyclic amide) rings is 1. The van der Waals surface area contributed by atoms with Crippen molar-refractivity contribution in [2.24, 2.45) is 10.6 Å². The molecule has 0 spiro atoms. The first-order valence-corrected chi connectivity index (χ1v) is 16.9. The first kappa shape index (κ1) is 34.6. The van der Waals surface area contributed by atoms with Gasteiger partial charge in [-0.2, -0.15) is 9.36 Å². The summed E-state index contributed by atoms with van der Waals surface area (Å²) < 4.78 is 15.5. The second-order valence-electron chi connectivity index (χ2n) is 12.3. The number of benzene rings is 2. The Balaban J connectivity index is 1.28. The molecule has 0 radical (unpaired) electrons. The summed E-state index contributed by atoms with van der Waals surface area (Å²) in [6, 6.07) is 17.9. The number of carbonyl (C=O) groups is 4. The first-order valence-electron chi connectivity index (χ1n) is 15.1. The third-order valence-corrected chi connectivity index (χ3v) is 9.62. The molecular weight excluding hydrogens is 657 g/mol. The Kier molecular flexibility index (Phi) is 10.2. The third kappa shape index (κ3) is 7.52. The SMILES string of the molecule is C=CC1(C(=O)OC(c2ccccc2)c2ccccc2)CS[C@@H]2C(NC(=O)C(=NOC(C)C(=O)OC(C)(C)C)c3nsc(N)n3)C(=O)N2C1. The van der Waals surface area contributed by atoms with Crippen molar-refractivity contribution in [2.45, 2.75) is 56.9 Å². The van der Waals surface area contributed by atoms with Crippen LogP contribution in [0.3, 0.4) is 0 Å². The van der Waals surface area contributed by atoms with Crippen molar-refractivity contribution in [1.29, 1.82) is 0 Å². The molecule has 2 saturated heterocycles. The molecule has 4 atom stereocenters. The number of thioether (sulfide) groups is 1. The van der Waals surface area contributed by atoms with Crippen molar-refractivity contribution in [2.75, 3.05) is 18.0 Å². The summed E-state index contributed by atoms with van der Waals surface area (Å²) in [4.78, 5) is 63.9. The van der Waals surface area contributed by atoms with Gasteiger partial charge >= 0.3 is 11.9 Å². The summed E-state index contributed by atoms with van der Waals surface area (Å²) in [5, 5.41) is 6.14. The minimum Gasteiger partial charge on any atom is -0.457 e. The van der Waals surface area contributed by atoms with Gasteiger partial charge in [0.05, 0.1) is 0 Å². The van der Waals surface area contributed by atoms with Crippen LogP contribution in [0.1, 0.15) is 50.8 Å². The number of amides is 2. The molecule has 3 heterocycles. The van der Waals surface area contributed by atoms with Crippen LogP contribution in [0.15, 0.2) is 78.5 Å². The van der Waals surface area contributed by atoms with Crippen LogP contribution in [0, 0.1) is 5.41 Å². The predicted molar refractivity (Wildman–Crippen MR) is 181 cm³/mol. The molecule has 3 N–H and O–H groups in total. The number of anilines is 1. The van der Waals surface area contributed by atoms with Gasteiger partial charge in [0.15, 0.2) is 11.2 Å². The van der Waals surface area contributed by atoms with Gasteiger partial charge in [-0.05, 0) is 38.8 Å². The predicted octanol–water partition coefficient (Wildman–Crippen LogP) is 3.48. The average molecular weight is 693 g/mol. The molecule has 2 fully saturated rings. The molecule has 15 heteroatoms. The number of hydrogen-bond acceptors (Lipinski definition) is 13. The molecule has 2 aliphatic rings. The van der Waals surface area contributed by atoms with E-state index in [9.17, 15) is 19.2 Å². The van der Waals surface area contributed by atoms with E-state index in [1.54, 1.807) is 20.8 Å². The first-order chi connectivity index (χ1) is 22.8. The molecular formula is C33H36N6O7S2. The number of hydrogen-bond donors (Lipinski definition) is 2. The smallest absolute Gasteiger partial charge is 0.350 e. The minimum absolute atomic E-state index is 0.0239. The normalized spacial score (nSPS) is 21.4. The van der Waals surface area contributed by atoms with Crippen molar-refractivity contribution < 1.29 is 33.5 Å². The van der Waals surface area contributed by atoms with Crippen LogP contribution in [0.2, 0.25) is 0 Å². The maximum absolute atomic E-state index is 13.8. The van der Waals surface area contributed by atoms with Crippen molar-refractivity contribution in [3.8, 4) is 0 Å². The zero-order valence-corrected chi connectivity index (χ0v) is 28.5. The van der Waals surface area contributed by atoms with Gasteiger partial charge in [-0.1, -0.05) is 71.9 Å². The summed E-state index contributed by atoms with van der Waals surface area (Å²) in [6.45, 7) is 10.5. The number of oxime groups is 1. The largest absolute Gasteiger partial charge is 0.457 e. The Bertz CT molecular complexity index is 1670.